The van der Waals surface area contributed by atoms with Crippen molar-refractivity contribution in [3.05, 3.63) is 119 Å². The number of aromatic nitrogens is 2. The lowest BCUT2D eigenvalue weighted by molar-refractivity contribution is -0.253. The molecular formula is C34H33N5O5. The van der Waals surface area contributed by atoms with Gasteiger partial charge in [-0.15, -0.1) is 0 Å². The van der Waals surface area contributed by atoms with Gasteiger partial charge in [0.1, 0.15) is 0 Å². The number of amides is 2. The first kappa shape index (κ1) is 28.3. The molecule has 3 atom stereocenters. The number of anilines is 2. The van der Waals surface area contributed by atoms with Gasteiger partial charge >= 0.3 is 0 Å². The topological polar surface area (TPSA) is 108 Å². The summed E-state index contributed by atoms with van der Waals surface area (Å²) in [6.07, 6.45) is 3.12. The van der Waals surface area contributed by atoms with E-state index in [4.69, 9.17) is 9.47 Å². The predicted molar refractivity (Wildman–Crippen MR) is 163 cm³/mol. The van der Waals surface area contributed by atoms with Crippen LogP contribution in [0, 0.1) is 0 Å². The average molecular weight is 592 g/mol. The third-order valence-electron chi connectivity index (χ3n) is 8.48. The van der Waals surface area contributed by atoms with Crippen molar-refractivity contribution in [2.75, 3.05) is 42.5 Å². The SMILES string of the molecule is O=C1c2ccccc2C(=O)N1c1cccc([C@@H]2O[C@H](CN3CCN(c4ncccn4)CC3)C[C@H](c3ccc(CO)cc3)O2)c1. The Labute approximate surface area is 255 Å². The van der Waals surface area contributed by atoms with E-state index < -0.39 is 6.29 Å². The summed E-state index contributed by atoms with van der Waals surface area (Å²) >= 11 is 0. The molecule has 0 spiro atoms. The highest BCUT2D eigenvalue weighted by Crippen LogP contribution is 2.39. The van der Waals surface area contributed by atoms with Crippen LogP contribution < -0.4 is 9.80 Å². The van der Waals surface area contributed by atoms with Gasteiger partial charge in [-0.3, -0.25) is 14.5 Å². The van der Waals surface area contributed by atoms with E-state index in [1.807, 2.05) is 42.5 Å². The largest absolute Gasteiger partial charge is 0.392 e. The Bertz CT molecular complexity index is 1610. The zero-order valence-corrected chi connectivity index (χ0v) is 24.2. The van der Waals surface area contributed by atoms with E-state index in [9.17, 15) is 14.7 Å². The van der Waals surface area contributed by atoms with Gasteiger partial charge in [-0.25, -0.2) is 14.9 Å². The number of imide groups is 1. The maximum atomic E-state index is 13.2. The number of carbonyl (C=O) groups is 2. The molecule has 44 heavy (non-hydrogen) atoms. The number of hydrogen-bond acceptors (Lipinski definition) is 9. The van der Waals surface area contributed by atoms with Gasteiger partial charge in [0.05, 0.1) is 35.6 Å². The molecule has 224 valence electrons. The maximum absolute atomic E-state index is 13.2. The molecule has 10 nitrogen and oxygen atoms in total. The van der Waals surface area contributed by atoms with Crippen LogP contribution in [-0.4, -0.2) is 70.6 Å². The van der Waals surface area contributed by atoms with Gasteiger partial charge in [0.25, 0.3) is 11.8 Å². The van der Waals surface area contributed by atoms with Crippen LogP contribution in [0.15, 0.2) is 91.3 Å². The van der Waals surface area contributed by atoms with Crippen molar-refractivity contribution < 1.29 is 24.2 Å². The Balaban J connectivity index is 1.11. The monoisotopic (exact) mass is 591 g/mol. The van der Waals surface area contributed by atoms with Crippen molar-refractivity contribution in [3.8, 4) is 0 Å². The standard InChI is InChI=1S/C34H33N5O5/c40-22-23-9-11-24(12-10-23)30-20-27(21-37-15-17-38(18-16-37)34-35-13-4-14-36-34)43-33(44-30)25-5-3-6-26(19-25)39-31(41)28-7-1-2-8-29(28)32(39)42/h1-14,19,27,30,33,40H,15-18,20-22H2/t27-,30+,33+/m0/s1. The highest BCUT2D eigenvalue weighted by Gasteiger charge is 2.38. The summed E-state index contributed by atoms with van der Waals surface area (Å²) in [7, 11) is 0. The molecule has 0 saturated carbocycles. The zero-order chi connectivity index (χ0) is 30.0. The number of benzene rings is 3. The molecule has 3 aliphatic heterocycles. The molecule has 4 aromatic rings. The van der Waals surface area contributed by atoms with Crippen molar-refractivity contribution in [1.82, 2.24) is 14.9 Å². The Morgan fingerprint density at radius 2 is 1.48 bits per heavy atom. The highest BCUT2D eigenvalue weighted by atomic mass is 16.7. The molecule has 2 fully saturated rings. The normalized spacial score (nSPS) is 22.3. The second-order valence-corrected chi connectivity index (χ2v) is 11.3. The zero-order valence-electron chi connectivity index (χ0n) is 24.2. The summed E-state index contributed by atoms with van der Waals surface area (Å²) in [6, 6.07) is 23.8. The van der Waals surface area contributed by atoms with E-state index in [1.165, 1.54) is 4.90 Å². The third-order valence-corrected chi connectivity index (χ3v) is 8.48. The van der Waals surface area contributed by atoms with Gasteiger partial charge in [0, 0.05) is 57.1 Å². The molecule has 1 N–H and O–H groups in total. The van der Waals surface area contributed by atoms with Gasteiger partial charge in [-0.1, -0.05) is 48.5 Å². The Morgan fingerprint density at radius 3 is 2.16 bits per heavy atom. The van der Waals surface area contributed by atoms with Crippen LogP contribution in [0.4, 0.5) is 11.6 Å². The number of rotatable bonds is 7. The molecule has 10 heteroatoms. The molecule has 1 aromatic heterocycles. The van der Waals surface area contributed by atoms with Crippen molar-refractivity contribution in [2.45, 2.75) is 31.5 Å². The van der Waals surface area contributed by atoms with E-state index >= 15 is 0 Å². The molecule has 3 aliphatic rings. The van der Waals surface area contributed by atoms with E-state index in [1.54, 1.807) is 48.8 Å². The molecule has 2 amide bonds. The van der Waals surface area contributed by atoms with E-state index in [-0.39, 0.29) is 30.6 Å². The van der Waals surface area contributed by atoms with Gasteiger partial charge in [-0.05, 0) is 41.5 Å². The Hall–Kier alpha value is -4.48. The van der Waals surface area contributed by atoms with Crippen LogP contribution >= 0.6 is 0 Å². The fourth-order valence-electron chi connectivity index (χ4n) is 6.14. The molecule has 0 aliphatic carbocycles. The average Bonchev–Trinajstić information content (AvgIpc) is 3.34. The first-order chi connectivity index (χ1) is 21.6. The van der Waals surface area contributed by atoms with E-state index in [0.29, 0.717) is 23.2 Å². The first-order valence-corrected chi connectivity index (χ1v) is 14.9. The Kier molecular flexibility index (Phi) is 7.88. The predicted octanol–water partition coefficient (Wildman–Crippen LogP) is 4.14. The summed E-state index contributed by atoms with van der Waals surface area (Å²) in [5.74, 6) is 0.0693. The summed E-state index contributed by atoms with van der Waals surface area (Å²) in [6.45, 7) is 4.07. The summed E-state index contributed by atoms with van der Waals surface area (Å²) in [5.41, 5.74) is 3.85. The minimum atomic E-state index is -0.703. The summed E-state index contributed by atoms with van der Waals surface area (Å²) < 4.78 is 13.1. The first-order valence-electron chi connectivity index (χ1n) is 14.9. The fourth-order valence-corrected chi connectivity index (χ4v) is 6.14. The van der Waals surface area contributed by atoms with Gasteiger partial charge in [0.15, 0.2) is 6.29 Å². The van der Waals surface area contributed by atoms with Gasteiger partial charge in [0.2, 0.25) is 5.95 Å². The van der Waals surface area contributed by atoms with Crippen LogP contribution in [0.25, 0.3) is 0 Å². The lowest BCUT2D eigenvalue weighted by Crippen LogP contribution is -2.50. The van der Waals surface area contributed by atoms with Gasteiger partial charge in [-0.2, -0.15) is 0 Å². The van der Waals surface area contributed by atoms with Crippen molar-refractivity contribution in [2.24, 2.45) is 0 Å². The lowest BCUT2D eigenvalue weighted by Gasteiger charge is -2.40. The summed E-state index contributed by atoms with van der Waals surface area (Å²) in [5, 5.41) is 9.54. The second-order valence-electron chi connectivity index (χ2n) is 11.3. The molecular weight excluding hydrogens is 558 g/mol. The molecule has 0 bridgehead atoms. The van der Waals surface area contributed by atoms with Gasteiger partial charge < -0.3 is 19.5 Å². The molecule has 3 aromatic carbocycles. The lowest BCUT2D eigenvalue weighted by atomic mass is 9.99. The number of aliphatic hydroxyl groups is 1. The van der Waals surface area contributed by atoms with Crippen LogP contribution in [0.1, 0.15) is 56.2 Å². The van der Waals surface area contributed by atoms with Crippen LogP contribution in [0.2, 0.25) is 0 Å². The molecule has 0 radical (unpaired) electrons. The molecule has 0 unspecified atom stereocenters. The minimum Gasteiger partial charge on any atom is -0.392 e. The second kappa shape index (κ2) is 12.3. The molecule has 4 heterocycles. The number of ether oxygens (including phenoxy) is 2. The number of hydrogen-bond donors (Lipinski definition) is 1. The van der Waals surface area contributed by atoms with Crippen molar-refractivity contribution >= 4 is 23.5 Å². The number of fused-ring (bicyclic) bond motifs is 1. The quantitative estimate of drug-likeness (QED) is 0.317. The van der Waals surface area contributed by atoms with E-state index in [2.05, 4.69) is 19.8 Å². The maximum Gasteiger partial charge on any atom is 0.266 e. The highest BCUT2D eigenvalue weighted by molar-refractivity contribution is 6.34. The van der Waals surface area contributed by atoms with Crippen molar-refractivity contribution in [3.63, 3.8) is 0 Å². The smallest absolute Gasteiger partial charge is 0.266 e. The number of piperazine rings is 1. The number of carbonyl (C=O) groups excluding carboxylic acids is 2. The van der Waals surface area contributed by atoms with E-state index in [0.717, 1.165) is 55.4 Å². The summed E-state index contributed by atoms with van der Waals surface area (Å²) in [4.78, 5) is 41.0. The number of nitrogens with zero attached hydrogens (tertiary/aromatic N) is 5. The molecule has 7 rings (SSSR count). The fraction of sp³-hybridized carbons (Fsp3) is 0.294. The molecule has 2 saturated heterocycles. The minimum absolute atomic E-state index is 0.0231. The van der Waals surface area contributed by atoms with Crippen LogP contribution in [0.5, 0.6) is 0 Å². The Morgan fingerprint density at radius 1 is 0.773 bits per heavy atom. The third kappa shape index (κ3) is 5.60. The number of aliphatic hydroxyl groups excluding tert-OH is 1. The van der Waals surface area contributed by atoms with Crippen LogP contribution in [-0.2, 0) is 16.1 Å². The van der Waals surface area contributed by atoms with Crippen LogP contribution in [0.3, 0.4) is 0 Å². The van der Waals surface area contributed by atoms with Crippen molar-refractivity contribution in [1.29, 1.82) is 0 Å².